The van der Waals surface area contributed by atoms with Gasteiger partial charge in [0.25, 0.3) is 5.91 Å². The molecule has 0 fully saturated rings. The third-order valence-electron chi connectivity index (χ3n) is 5.26. The molecule has 5 rings (SSSR count). The van der Waals surface area contributed by atoms with E-state index in [1.807, 2.05) is 31.2 Å². The van der Waals surface area contributed by atoms with E-state index in [0.29, 0.717) is 22.3 Å². The van der Waals surface area contributed by atoms with Gasteiger partial charge in [-0.2, -0.15) is 0 Å². The van der Waals surface area contributed by atoms with Crippen LogP contribution in [0.4, 0.5) is 14.9 Å². The Labute approximate surface area is 142 Å². The fraction of sp³-hybridized carbons (Fsp3) is 0.158. The van der Waals surface area contributed by atoms with E-state index >= 15 is 0 Å². The number of aromatic nitrogens is 1. The van der Waals surface area contributed by atoms with E-state index in [9.17, 15) is 14.0 Å². The van der Waals surface area contributed by atoms with Crippen LogP contribution in [0.2, 0.25) is 0 Å². The van der Waals surface area contributed by atoms with Gasteiger partial charge in [0.2, 0.25) is 0 Å². The van der Waals surface area contributed by atoms with E-state index in [1.54, 1.807) is 17.7 Å². The first-order valence-electron chi connectivity index (χ1n) is 7.97. The maximum Gasteiger partial charge on any atom is 0.327 e. The first-order valence-corrected chi connectivity index (χ1v) is 7.97. The molecular weight excluding hydrogens is 321 g/mol. The highest BCUT2D eigenvalue weighted by Gasteiger charge is 2.55. The molecule has 5 nitrogen and oxygen atoms in total. The highest BCUT2D eigenvalue weighted by molar-refractivity contribution is 6.15. The van der Waals surface area contributed by atoms with Crippen LogP contribution in [0, 0.1) is 12.7 Å². The Kier molecular flexibility index (Phi) is 2.43. The summed E-state index contributed by atoms with van der Waals surface area (Å²) in [5.74, 6) is -0.737. The molecule has 2 aliphatic rings. The molecule has 3 aromatic rings. The number of amides is 2. The second-order valence-corrected chi connectivity index (χ2v) is 6.57. The van der Waals surface area contributed by atoms with Crippen molar-refractivity contribution < 1.29 is 14.0 Å². The van der Waals surface area contributed by atoms with Crippen LogP contribution < -0.4 is 10.2 Å². The zero-order valence-electron chi connectivity index (χ0n) is 13.6. The van der Waals surface area contributed by atoms with Crippen LogP contribution in [-0.2, 0) is 10.3 Å². The molecule has 0 radical (unpaired) electrons. The van der Waals surface area contributed by atoms with Crippen LogP contribution in [-0.4, -0.2) is 23.6 Å². The van der Waals surface area contributed by atoms with Crippen molar-refractivity contribution in [2.45, 2.75) is 12.5 Å². The van der Waals surface area contributed by atoms with Crippen LogP contribution >= 0.6 is 0 Å². The molecular formula is C19H14FN3O2. The highest BCUT2D eigenvalue weighted by Crippen LogP contribution is 2.48. The monoisotopic (exact) mass is 335 g/mol. The minimum absolute atomic E-state index is 0.293. The predicted octanol–water partition coefficient (Wildman–Crippen LogP) is 2.88. The van der Waals surface area contributed by atoms with Crippen LogP contribution in [0.5, 0.6) is 0 Å². The molecule has 1 N–H and O–H groups in total. The van der Waals surface area contributed by atoms with Crippen molar-refractivity contribution in [2.75, 3.05) is 11.9 Å². The summed E-state index contributed by atoms with van der Waals surface area (Å²) >= 11 is 0. The number of anilines is 1. The molecule has 25 heavy (non-hydrogen) atoms. The number of aryl methyl sites for hydroxylation is 1. The van der Waals surface area contributed by atoms with Gasteiger partial charge in [0.1, 0.15) is 5.82 Å². The number of nitrogens with one attached hydrogen (secondary N) is 1. The maximum absolute atomic E-state index is 14.0. The molecule has 0 saturated carbocycles. The third-order valence-corrected chi connectivity index (χ3v) is 5.26. The van der Waals surface area contributed by atoms with Gasteiger partial charge in [-0.05, 0) is 31.2 Å². The molecule has 2 amide bonds. The lowest BCUT2D eigenvalue weighted by Crippen LogP contribution is -2.57. The number of carbonyl (C=O) groups is 2. The lowest BCUT2D eigenvalue weighted by molar-refractivity contribution is -0.122. The molecule has 1 atom stereocenters. The zero-order valence-corrected chi connectivity index (χ0v) is 13.6. The first kappa shape index (κ1) is 14.2. The number of likely N-dealkylation sites (N-methyl/N-ethyl adjacent to an activating group) is 1. The van der Waals surface area contributed by atoms with Gasteiger partial charge in [-0.3, -0.25) is 9.36 Å². The fourth-order valence-corrected chi connectivity index (χ4v) is 4.20. The van der Waals surface area contributed by atoms with Crippen molar-refractivity contribution in [1.29, 1.82) is 0 Å². The predicted molar refractivity (Wildman–Crippen MR) is 91.2 cm³/mol. The lowest BCUT2D eigenvalue weighted by Gasteiger charge is -2.34. The Balaban J connectivity index is 1.96. The first-order chi connectivity index (χ1) is 11.9. The number of para-hydroxylation sites is 1. The van der Waals surface area contributed by atoms with Crippen molar-refractivity contribution >= 4 is 28.5 Å². The molecule has 2 aliphatic heterocycles. The molecule has 1 unspecified atom stereocenters. The molecule has 2 aromatic carbocycles. The summed E-state index contributed by atoms with van der Waals surface area (Å²) in [5.41, 5.74) is 1.81. The largest absolute Gasteiger partial charge is 0.327 e. The van der Waals surface area contributed by atoms with Gasteiger partial charge in [-0.15, -0.1) is 0 Å². The van der Waals surface area contributed by atoms with Gasteiger partial charge in [0.05, 0.1) is 11.2 Å². The quantitative estimate of drug-likeness (QED) is 0.687. The summed E-state index contributed by atoms with van der Waals surface area (Å²) in [6.07, 6.45) is 0. The molecule has 0 aliphatic carbocycles. The Morgan fingerprint density at radius 1 is 1.08 bits per heavy atom. The van der Waals surface area contributed by atoms with Crippen LogP contribution in [0.3, 0.4) is 0 Å². The number of carbonyl (C=O) groups excluding carboxylic acids is 2. The Morgan fingerprint density at radius 3 is 2.68 bits per heavy atom. The zero-order chi connectivity index (χ0) is 17.5. The van der Waals surface area contributed by atoms with Gasteiger partial charge in [0.15, 0.2) is 5.54 Å². The summed E-state index contributed by atoms with van der Waals surface area (Å²) in [6, 6.07) is 11.3. The van der Waals surface area contributed by atoms with E-state index < -0.39 is 11.4 Å². The van der Waals surface area contributed by atoms with Crippen molar-refractivity contribution in [2.24, 2.45) is 0 Å². The minimum atomic E-state index is -1.40. The molecule has 1 spiro atoms. The maximum atomic E-state index is 14.0. The summed E-state index contributed by atoms with van der Waals surface area (Å²) in [5, 5.41) is 3.74. The number of rotatable bonds is 0. The second-order valence-electron chi connectivity index (χ2n) is 6.57. The fourth-order valence-electron chi connectivity index (χ4n) is 4.20. The number of benzene rings is 2. The molecule has 1 aromatic heterocycles. The van der Waals surface area contributed by atoms with E-state index in [0.717, 1.165) is 11.1 Å². The molecule has 6 heteroatoms. The summed E-state index contributed by atoms with van der Waals surface area (Å²) < 4.78 is 15.6. The second kappa shape index (κ2) is 4.27. The number of nitrogens with zero attached hydrogens (tertiary/aromatic N) is 2. The minimum Gasteiger partial charge on any atom is -0.315 e. The normalized spacial score (nSPS) is 21.2. The number of fused-ring (bicyclic) bond motifs is 3. The standard InChI is InChI=1S/C19H14FN3O2/c1-10-8-11-4-3-5-13-16(11)23(10)18(25)21-19(13)14-9-12(20)6-7-15(14)22(2)17(19)24/h3-9H,1-2H3,(H,21,25). The Bertz CT molecular complexity index is 1120. The van der Waals surface area contributed by atoms with Gasteiger partial charge in [0, 0.05) is 29.3 Å². The van der Waals surface area contributed by atoms with Crippen molar-refractivity contribution in [3.63, 3.8) is 0 Å². The summed E-state index contributed by atoms with van der Waals surface area (Å²) in [4.78, 5) is 27.6. The van der Waals surface area contributed by atoms with Gasteiger partial charge in [-0.1, -0.05) is 18.2 Å². The van der Waals surface area contributed by atoms with Gasteiger partial charge >= 0.3 is 6.03 Å². The molecule has 124 valence electrons. The Morgan fingerprint density at radius 2 is 1.88 bits per heavy atom. The molecule has 3 heterocycles. The topological polar surface area (TPSA) is 54.3 Å². The van der Waals surface area contributed by atoms with Crippen molar-refractivity contribution in [3.8, 4) is 0 Å². The van der Waals surface area contributed by atoms with E-state index in [4.69, 9.17) is 0 Å². The lowest BCUT2D eigenvalue weighted by atomic mass is 9.82. The molecule has 0 bridgehead atoms. The number of hydrogen-bond donors (Lipinski definition) is 1. The Hall–Kier alpha value is -3.15. The van der Waals surface area contributed by atoms with Crippen molar-refractivity contribution in [3.05, 3.63) is 65.1 Å². The van der Waals surface area contributed by atoms with Crippen molar-refractivity contribution in [1.82, 2.24) is 9.88 Å². The average molecular weight is 335 g/mol. The smallest absolute Gasteiger partial charge is 0.315 e. The van der Waals surface area contributed by atoms with E-state index in [1.165, 1.54) is 17.0 Å². The third kappa shape index (κ3) is 1.48. The number of halogens is 1. The van der Waals surface area contributed by atoms with Gasteiger partial charge < -0.3 is 10.2 Å². The van der Waals surface area contributed by atoms with E-state index in [2.05, 4.69) is 5.32 Å². The SMILES string of the molecule is Cc1cc2cccc3c2n1C(=O)NC31C(=O)N(C)c2ccc(F)cc21. The van der Waals surface area contributed by atoms with Gasteiger partial charge in [-0.25, -0.2) is 9.18 Å². The average Bonchev–Trinajstić information content (AvgIpc) is 3.02. The summed E-state index contributed by atoms with van der Waals surface area (Å²) in [6.45, 7) is 1.84. The summed E-state index contributed by atoms with van der Waals surface area (Å²) in [7, 11) is 1.64. The van der Waals surface area contributed by atoms with E-state index in [-0.39, 0.29) is 11.9 Å². The molecule has 0 saturated heterocycles. The highest BCUT2D eigenvalue weighted by atomic mass is 19.1. The van der Waals surface area contributed by atoms with Crippen LogP contribution in [0.15, 0.2) is 42.5 Å². The van der Waals surface area contributed by atoms with Crippen LogP contribution in [0.1, 0.15) is 16.8 Å². The van der Waals surface area contributed by atoms with Crippen LogP contribution in [0.25, 0.3) is 10.9 Å². The number of hydrogen-bond acceptors (Lipinski definition) is 2.